The molecule has 8 nitrogen and oxygen atoms in total. The first-order chi connectivity index (χ1) is 16.0. The summed E-state index contributed by atoms with van der Waals surface area (Å²) < 4.78 is 16.6. The monoisotopic (exact) mass is 473 g/mol. The third kappa shape index (κ3) is 5.30. The fourth-order valence-electron chi connectivity index (χ4n) is 4.05. The SMILES string of the molecule is Cc1[nH]c(C=C2C(=O)Nc3ccc(Cl)cc32)c(C)c1C(=O)N1CCOCCOCCOCC1. The Kier molecular flexibility index (Phi) is 7.49. The van der Waals surface area contributed by atoms with Gasteiger partial charge in [0.05, 0.1) is 50.8 Å². The van der Waals surface area contributed by atoms with Gasteiger partial charge in [-0.15, -0.1) is 0 Å². The second-order valence-corrected chi connectivity index (χ2v) is 8.43. The van der Waals surface area contributed by atoms with E-state index in [0.29, 0.717) is 74.6 Å². The number of hydrogen-bond acceptors (Lipinski definition) is 5. The first-order valence-corrected chi connectivity index (χ1v) is 11.4. The molecule has 1 aromatic carbocycles. The molecule has 4 rings (SSSR count). The number of halogens is 1. The first kappa shape index (κ1) is 23.5. The number of carbonyl (C=O) groups excluding carboxylic acids is 2. The molecular weight excluding hydrogens is 446 g/mol. The molecule has 2 aromatic rings. The lowest BCUT2D eigenvalue weighted by molar-refractivity contribution is -0.110. The van der Waals surface area contributed by atoms with Gasteiger partial charge in [-0.3, -0.25) is 9.59 Å². The maximum atomic E-state index is 13.5. The molecule has 0 aliphatic carbocycles. The Balaban J connectivity index is 1.59. The molecule has 3 heterocycles. The van der Waals surface area contributed by atoms with Gasteiger partial charge in [-0.2, -0.15) is 0 Å². The molecule has 2 N–H and O–H groups in total. The Morgan fingerprint density at radius 3 is 2.33 bits per heavy atom. The second kappa shape index (κ2) is 10.5. The highest BCUT2D eigenvalue weighted by molar-refractivity contribution is 6.36. The van der Waals surface area contributed by atoms with Crippen molar-refractivity contribution in [3.63, 3.8) is 0 Å². The van der Waals surface area contributed by atoms with Crippen molar-refractivity contribution in [1.82, 2.24) is 9.88 Å². The number of carbonyl (C=O) groups is 2. The molecule has 0 saturated carbocycles. The van der Waals surface area contributed by atoms with E-state index in [1.54, 1.807) is 29.2 Å². The lowest BCUT2D eigenvalue weighted by atomic mass is 10.0. The molecule has 0 atom stereocenters. The summed E-state index contributed by atoms with van der Waals surface area (Å²) >= 11 is 6.14. The van der Waals surface area contributed by atoms with Gasteiger partial charge >= 0.3 is 0 Å². The number of anilines is 1. The highest BCUT2D eigenvalue weighted by Crippen LogP contribution is 2.35. The molecule has 1 aromatic heterocycles. The van der Waals surface area contributed by atoms with E-state index in [0.717, 1.165) is 22.5 Å². The van der Waals surface area contributed by atoms with E-state index in [9.17, 15) is 9.59 Å². The number of fused-ring (bicyclic) bond motifs is 1. The van der Waals surface area contributed by atoms with Gasteiger partial charge in [0.1, 0.15) is 0 Å². The quantitative estimate of drug-likeness (QED) is 0.653. The molecule has 0 unspecified atom stereocenters. The number of nitrogens with one attached hydrogen (secondary N) is 2. The van der Waals surface area contributed by atoms with Crippen molar-refractivity contribution in [2.24, 2.45) is 0 Å². The molecule has 176 valence electrons. The Labute approximate surface area is 197 Å². The zero-order valence-corrected chi connectivity index (χ0v) is 19.6. The minimum absolute atomic E-state index is 0.0919. The number of aromatic nitrogens is 1. The summed E-state index contributed by atoms with van der Waals surface area (Å²) in [5.74, 6) is -0.293. The van der Waals surface area contributed by atoms with Crippen LogP contribution in [-0.4, -0.2) is 74.4 Å². The van der Waals surface area contributed by atoms with E-state index < -0.39 is 0 Å². The van der Waals surface area contributed by atoms with Gasteiger partial charge in [0.25, 0.3) is 11.8 Å². The molecule has 2 amide bonds. The Hall–Kier alpha value is -2.65. The number of aryl methyl sites for hydroxylation is 1. The minimum Gasteiger partial charge on any atom is -0.377 e. The average molecular weight is 474 g/mol. The van der Waals surface area contributed by atoms with Crippen molar-refractivity contribution in [2.45, 2.75) is 13.8 Å². The van der Waals surface area contributed by atoms with Gasteiger partial charge in [-0.05, 0) is 43.7 Å². The zero-order chi connectivity index (χ0) is 23.4. The number of H-pyrrole nitrogens is 1. The summed E-state index contributed by atoms with van der Waals surface area (Å²) in [6, 6.07) is 5.28. The molecule has 0 bridgehead atoms. The third-order valence-corrected chi connectivity index (χ3v) is 6.02. The molecule has 0 spiro atoms. The summed E-state index contributed by atoms with van der Waals surface area (Å²) in [6.07, 6.45) is 1.78. The van der Waals surface area contributed by atoms with E-state index in [4.69, 9.17) is 25.8 Å². The number of benzene rings is 1. The maximum absolute atomic E-state index is 13.5. The van der Waals surface area contributed by atoms with Crippen LogP contribution in [0.3, 0.4) is 0 Å². The fraction of sp³-hybridized carbons (Fsp3) is 0.417. The van der Waals surface area contributed by atoms with E-state index >= 15 is 0 Å². The fourth-order valence-corrected chi connectivity index (χ4v) is 4.22. The van der Waals surface area contributed by atoms with Crippen LogP contribution >= 0.6 is 11.6 Å². The Morgan fingerprint density at radius 2 is 1.67 bits per heavy atom. The number of aromatic amines is 1. The number of rotatable bonds is 2. The van der Waals surface area contributed by atoms with Crippen LogP contribution in [0.15, 0.2) is 18.2 Å². The van der Waals surface area contributed by atoms with Crippen LogP contribution in [0.2, 0.25) is 5.02 Å². The van der Waals surface area contributed by atoms with Crippen molar-refractivity contribution < 1.29 is 23.8 Å². The normalized spacial score (nSPS) is 19.1. The molecule has 33 heavy (non-hydrogen) atoms. The van der Waals surface area contributed by atoms with Crippen molar-refractivity contribution in [3.05, 3.63) is 51.3 Å². The van der Waals surface area contributed by atoms with Crippen LogP contribution < -0.4 is 5.32 Å². The van der Waals surface area contributed by atoms with Gasteiger partial charge in [-0.1, -0.05) is 11.6 Å². The summed E-state index contributed by atoms with van der Waals surface area (Å²) in [5.41, 5.74) is 4.82. The summed E-state index contributed by atoms with van der Waals surface area (Å²) in [6.45, 7) is 7.48. The maximum Gasteiger partial charge on any atom is 0.256 e. The van der Waals surface area contributed by atoms with Crippen molar-refractivity contribution in [2.75, 3.05) is 58.0 Å². The van der Waals surface area contributed by atoms with Crippen LogP contribution in [0.5, 0.6) is 0 Å². The van der Waals surface area contributed by atoms with Gasteiger partial charge in [0, 0.05) is 40.8 Å². The lowest BCUT2D eigenvalue weighted by Crippen LogP contribution is -2.37. The third-order valence-electron chi connectivity index (χ3n) is 5.79. The first-order valence-electron chi connectivity index (χ1n) is 11.0. The van der Waals surface area contributed by atoms with Gasteiger partial charge < -0.3 is 29.4 Å². The molecule has 0 radical (unpaired) electrons. The second-order valence-electron chi connectivity index (χ2n) is 8.00. The summed E-state index contributed by atoms with van der Waals surface area (Å²) in [5, 5.41) is 3.41. The Morgan fingerprint density at radius 1 is 1.03 bits per heavy atom. The minimum atomic E-state index is -0.201. The van der Waals surface area contributed by atoms with Gasteiger partial charge in [0.2, 0.25) is 0 Å². The topological polar surface area (TPSA) is 92.9 Å². The molecule has 1 fully saturated rings. The number of nitrogens with zero attached hydrogens (tertiary/aromatic N) is 1. The average Bonchev–Trinajstić information content (AvgIpc) is 3.23. The highest BCUT2D eigenvalue weighted by atomic mass is 35.5. The zero-order valence-electron chi connectivity index (χ0n) is 18.8. The predicted octanol–water partition coefficient (Wildman–Crippen LogP) is 3.28. The number of ether oxygens (including phenoxy) is 3. The summed E-state index contributed by atoms with van der Waals surface area (Å²) in [7, 11) is 0. The molecule has 2 aliphatic heterocycles. The molecular formula is C24H28ClN3O5. The van der Waals surface area contributed by atoms with Crippen LogP contribution in [0.25, 0.3) is 11.6 Å². The Bertz CT molecular complexity index is 1070. The smallest absolute Gasteiger partial charge is 0.256 e. The highest BCUT2D eigenvalue weighted by Gasteiger charge is 2.27. The van der Waals surface area contributed by atoms with Crippen molar-refractivity contribution >= 4 is 40.8 Å². The van der Waals surface area contributed by atoms with Crippen LogP contribution in [0.1, 0.15) is 32.9 Å². The number of amides is 2. The van der Waals surface area contributed by atoms with Gasteiger partial charge in [-0.25, -0.2) is 0 Å². The molecule has 9 heteroatoms. The standard InChI is InChI=1S/C24H28ClN3O5/c1-15-21(14-19-18-13-17(25)3-4-20(18)27-23(19)29)26-16(2)22(15)24(30)28-5-7-31-9-11-33-12-10-32-8-6-28/h3-4,13-14,26H,5-12H2,1-2H3,(H,27,29). The predicted molar refractivity (Wildman–Crippen MR) is 127 cm³/mol. The van der Waals surface area contributed by atoms with Crippen molar-refractivity contribution in [3.8, 4) is 0 Å². The van der Waals surface area contributed by atoms with Crippen LogP contribution in [0.4, 0.5) is 5.69 Å². The summed E-state index contributed by atoms with van der Waals surface area (Å²) in [4.78, 5) is 31.1. The van der Waals surface area contributed by atoms with E-state index in [1.165, 1.54) is 0 Å². The van der Waals surface area contributed by atoms with E-state index in [-0.39, 0.29) is 11.8 Å². The van der Waals surface area contributed by atoms with Crippen molar-refractivity contribution in [1.29, 1.82) is 0 Å². The van der Waals surface area contributed by atoms with Crippen LogP contribution in [0, 0.1) is 13.8 Å². The number of hydrogen-bond donors (Lipinski definition) is 2. The largest absolute Gasteiger partial charge is 0.377 e. The van der Waals surface area contributed by atoms with E-state index in [1.807, 2.05) is 13.8 Å². The van der Waals surface area contributed by atoms with E-state index in [2.05, 4.69) is 10.3 Å². The van der Waals surface area contributed by atoms with Crippen LogP contribution in [-0.2, 0) is 19.0 Å². The van der Waals surface area contributed by atoms with Gasteiger partial charge in [0.15, 0.2) is 0 Å². The molecule has 1 saturated heterocycles. The lowest BCUT2D eigenvalue weighted by Gasteiger charge is -2.24. The molecule has 2 aliphatic rings.